The molecule has 3 N–H and O–H groups in total. The van der Waals surface area contributed by atoms with Crippen LogP contribution in [0.15, 0.2) is 42.5 Å². The van der Waals surface area contributed by atoms with Gasteiger partial charge in [0.2, 0.25) is 0 Å². The summed E-state index contributed by atoms with van der Waals surface area (Å²) < 4.78 is 13.2. The van der Waals surface area contributed by atoms with Crippen LogP contribution in [0.25, 0.3) is 0 Å². The molecule has 1 atom stereocenters. The smallest absolute Gasteiger partial charge is 0.125 e. The summed E-state index contributed by atoms with van der Waals surface area (Å²) >= 11 is 0. The molecular formula is C16H17FN2. The molecule has 0 heterocycles. The number of hydrogen-bond acceptors (Lipinski definition) is 2. The monoisotopic (exact) mass is 256 g/mol. The van der Waals surface area contributed by atoms with Crippen LogP contribution in [0.4, 0.5) is 15.8 Å². The first-order chi connectivity index (χ1) is 9.22. The quantitative estimate of drug-likeness (QED) is 0.808. The van der Waals surface area contributed by atoms with E-state index in [4.69, 9.17) is 5.73 Å². The molecule has 2 aromatic rings. The molecule has 2 nitrogen and oxygen atoms in total. The van der Waals surface area contributed by atoms with E-state index in [2.05, 4.69) is 29.6 Å². The summed E-state index contributed by atoms with van der Waals surface area (Å²) in [5, 5.41) is 3.37. The van der Waals surface area contributed by atoms with E-state index in [-0.39, 0.29) is 5.82 Å². The van der Waals surface area contributed by atoms with Crippen molar-refractivity contribution in [1.29, 1.82) is 0 Å². The molecule has 1 aliphatic carbocycles. The Kier molecular flexibility index (Phi) is 3.11. The highest BCUT2D eigenvalue weighted by molar-refractivity contribution is 5.66. The lowest BCUT2D eigenvalue weighted by Crippen LogP contribution is -2.27. The lowest BCUT2D eigenvalue weighted by atomic mass is 9.88. The zero-order valence-electron chi connectivity index (χ0n) is 10.7. The number of rotatable bonds is 2. The van der Waals surface area contributed by atoms with Crippen LogP contribution in [-0.2, 0) is 12.8 Å². The van der Waals surface area contributed by atoms with Gasteiger partial charge in [0.25, 0.3) is 0 Å². The second-order valence-electron chi connectivity index (χ2n) is 5.08. The number of fused-ring (bicyclic) bond motifs is 1. The van der Waals surface area contributed by atoms with E-state index in [0.29, 0.717) is 17.4 Å². The molecule has 0 radical (unpaired) electrons. The topological polar surface area (TPSA) is 38.0 Å². The maximum Gasteiger partial charge on any atom is 0.125 e. The zero-order valence-corrected chi connectivity index (χ0v) is 10.7. The van der Waals surface area contributed by atoms with Gasteiger partial charge in [0, 0.05) is 6.04 Å². The lowest BCUT2D eigenvalue weighted by Gasteiger charge is -2.26. The molecular weight excluding hydrogens is 239 g/mol. The second-order valence-corrected chi connectivity index (χ2v) is 5.08. The first-order valence-corrected chi connectivity index (χ1v) is 6.61. The third-order valence-electron chi connectivity index (χ3n) is 3.72. The summed E-state index contributed by atoms with van der Waals surface area (Å²) in [5.41, 5.74) is 9.97. The number of aryl methyl sites for hydroxylation is 1. The third-order valence-corrected chi connectivity index (χ3v) is 3.72. The van der Waals surface area contributed by atoms with E-state index in [9.17, 15) is 4.39 Å². The first-order valence-electron chi connectivity index (χ1n) is 6.61. The van der Waals surface area contributed by atoms with Crippen LogP contribution in [0.5, 0.6) is 0 Å². The molecule has 98 valence electrons. The van der Waals surface area contributed by atoms with Crippen molar-refractivity contribution in [3.63, 3.8) is 0 Å². The van der Waals surface area contributed by atoms with Crippen LogP contribution < -0.4 is 11.1 Å². The standard InChI is InChI=1S/C16H17FN2/c17-13-6-8-15(18)16(10-13)19-14-7-5-11-3-1-2-4-12(11)9-14/h1-4,6,8,10,14,19H,5,7,9,18H2. The summed E-state index contributed by atoms with van der Waals surface area (Å²) in [5.74, 6) is -0.257. The van der Waals surface area contributed by atoms with Crippen molar-refractivity contribution in [1.82, 2.24) is 0 Å². The molecule has 0 saturated carbocycles. The Labute approximate surface area is 112 Å². The summed E-state index contributed by atoms with van der Waals surface area (Å²) in [6.45, 7) is 0. The minimum atomic E-state index is -0.257. The van der Waals surface area contributed by atoms with Gasteiger partial charge >= 0.3 is 0 Å². The SMILES string of the molecule is Nc1ccc(F)cc1NC1CCc2ccccc2C1. The van der Waals surface area contributed by atoms with Gasteiger partial charge < -0.3 is 11.1 Å². The predicted molar refractivity (Wildman–Crippen MR) is 76.7 cm³/mol. The molecule has 3 heteroatoms. The van der Waals surface area contributed by atoms with Gasteiger partial charge in [0.05, 0.1) is 11.4 Å². The van der Waals surface area contributed by atoms with Crippen molar-refractivity contribution in [2.24, 2.45) is 0 Å². The van der Waals surface area contributed by atoms with Gasteiger partial charge in [-0.3, -0.25) is 0 Å². The number of nitrogens with two attached hydrogens (primary N) is 1. The number of nitrogen functional groups attached to an aromatic ring is 1. The predicted octanol–water partition coefficient (Wildman–Crippen LogP) is 3.38. The fraction of sp³-hybridized carbons (Fsp3) is 0.250. The van der Waals surface area contributed by atoms with E-state index < -0.39 is 0 Å². The van der Waals surface area contributed by atoms with Crippen LogP contribution >= 0.6 is 0 Å². The molecule has 1 aliphatic rings. The maximum atomic E-state index is 13.2. The maximum absolute atomic E-state index is 13.2. The van der Waals surface area contributed by atoms with Crippen molar-refractivity contribution < 1.29 is 4.39 Å². The van der Waals surface area contributed by atoms with Gasteiger partial charge in [-0.1, -0.05) is 24.3 Å². The van der Waals surface area contributed by atoms with Gasteiger partial charge in [-0.05, 0) is 48.6 Å². The highest BCUT2D eigenvalue weighted by atomic mass is 19.1. The van der Waals surface area contributed by atoms with Crippen molar-refractivity contribution in [2.45, 2.75) is 25.3 Å². The summed E-state index contributed by atoms with van der Waals surface area (Å²) in [7, 11) is 0. The van der Waals surface area contributed by atoms with Gasteiger partial charge in [-0.2, -0.15) is 0 Å². The molecule has 0 spiro atoms. The van der Waals surface area contributed by atoms with Crippen molar-refractivity contribution in [3.8, 4) is 0 Å². The number of benzene rings is 2. The molecule has 2 aromatic carbocycles. The molecule has 1 unspecified atom stereocenters. The molecule has 0 saturated heterocycles. The fourth-order valence-electron chi connectivity index (χ4n) is 2.69. The summed E-state index contributed by atoms with van der Waals surface area (Å²) in [6, 6.07) is 13.3. The highest BCUT2D eigenvalue weighted by Gasteiger charge is 2.18. The van der Waals surface area contributed by atoms with E-state index in [1.165, 1.54) is 23.3 Å². The summed E-state index contributed by atoms with van der Waals surface area (Å²) in [4.78, 5) is 0. The average molecular weight is 256 g/mol. The number of hydrogen-bond donors (Lipinski definition) is 2. The molecule has 19 heavy (non-hydrogen) atoms. The van der Waals surface area contributed by atoms with Gasteiger partial charge in [-0.15, -0.1) is 0 Å². The molecule has 0 amide bonds. The largest absolute Gasteiger partial charge is 0.397 e. The molecule has 3 rings (SSSR count). The van der Waals surface area contributed by atoms with Crippen LogP contribution in [0.3, 0.4) is 0 Å². The normalized spacial score (nSPS) is 17.8. The number of halogens is 1. The zero-order chi connectivity index (χ0) is 13.2. The van der Waals surface area contributed by atoms with Crippen LogP contribution in [0.2, 0.25) is 0 Å². The number of anilines is 2. The fourth-order valence-corrected chi connectivity index (χ4v) is 2.69. The Morgan fingerprint density at radius 2 is 1.89 bits per heavy atom. The molecule has 0 fully saturated rings. The van der Waals surface area contributed by atoms with E-state index in [1.807, 2.05) is 0 Å². The Balaban J connectivity index is 1.77. The Morgan fingerprint density at radius 3 is 2.74 bits per heavy atom. The van der Waals surface area contributed by atoms with Crippen molar-refractivity contribution >= 4 is 11.4 Å². The highest BCUT2D eigenvalue weighted by Crippen LogP contribution is 2.26. The Bertz CT molecular complexity index is 595. The van der Waals surface area contributed by atoms with Crippen LogP contribution in [0.1, 0.15) is 17.5 Å². The summed E-state index contributed by atoms with van der Waals surface area (Å²) in [6.07, 6.45) is 3.07. The van der Waals surface area contributed by atoms with Gasteiger partial charge in [0.1, 0.15) is 5.82 Å². The third kappa shape index (κ3) is 2.55. The van der Waals surface area contributed by atoms with E-state index in [0.717, 1.165) is 19.3 Å². The van der Waals surface area contributed by atoms with Crippen molar-refractivity contribution in [2.75, 3.05) is 11.1 Å². The Morgan fingerprint density at radius 1 is 1.11 bits per heavy atom. The number of nitrogens with one attached hydrogen (secondary N) is 1. The first kappa shape index (κ1) is 12.0. The molecule has 0 aromatic heterocycles. The van der Waals surface area contributed by atoms with E-state index >= 15 is 0 Å². The Hall–Kier alpha value is -2.03. The van der Waals surface area contributed by atoms with Crippen molar-refractivity contribution in [3.05, 3.63) is 59.4 Å². The van der Waals surface area contributed by atoms with Crippen LogP contribution in [0, 0.1) is 5.82 Å². The van der Waals surface area contributed by atoms with Gasteiger partial charge in [-0.25, -0.2) is 4.39 Å². The van der Waals surface area contributed by atoms with Gasteiger partial charge in [0.15, 0.2) is 0 Å². The average Bonchev–Trinajstić information content (AvgIpc) is 2.43. The minimum absolute atomic E-state index is 0.257. The lowest BCUT2D eigenvalue weighted by molar-refractivity contribution is 0.607. The second kappa shape index (κ2) is 4.92. The minimum Gasteiger partial charge on any atom is -0.397 e. The molecule has 0 bridgehead atoms. The van der Waals surface area contributed by atoms with Crippen LogP contribution in [-0.4, -0.2) is 6.04 Å². The van der Waals surface area contributed by atoms with E-state index in [1.54, 1.807) is 6.07 Å². The molecule has 0 aliphatic heterocycles.